The fraction of sp³-hybridized carbons (Fsp3) is 0.130. The van der Waals surface area contributed by atoms with Gasteiger partial charge in [-0.05, 0) is 42.8 Å². The first-order valence-corrected chi connectivity index (χ1v) is 9.26. The zero-order chi connectivity index (χ0) is 21.3. The van der Waals surface area contributed by atoms with Gasteiger partial charge in [0.25, 0.3) is 0 Å². The van der Waals surface area contributed by atoms with Gasteiger partial charge in [-0.15, -0.1) is 0 Å². The molecule has 1 atom stereocenters. The summed E-state index contributed by atoms with van der Waals surface area (Å²) in [5, 5.41) is 14.9. The van der Waals surface area contributed by atoms with Crippen LogP contribution in [0.4, 0.5) is 18.9 Å². The molecule has 0 aliphatic rings. The van der Waals surface area contributed by atoms with Crippen molar-refractivity contribution >= 4 is 16.6 Å². The predicted octanol–water partition coefficient (Wildman–Crippen LogP) is 5.86. The molecule has 7 heteroatoms. The largest absolute Gasteiger partial charge is 0.505 e. The maximum absolute atomic E-state index is 13.1. The van der Waals surface area contributed by atoms with Crippen LogP contribution in [0.15, 0.2) is 73.1 Å². The minimum absolute atomic E-state index is 0.0236. The van der Waals surface area contributed by atoms with Gasteiger partial charge in [-0.2, -0.15) is 13.2 Å². The minimum Gasteiger partial charge on any atom is -0.505 e. The molecule has 0 saturated carbocycles. The van der Waals surface area contributed by atoms with Crippen molar-refractivity contribution in [3.8, 4) is 5.75 Å². The Hall–Kier alpha value is -3.61. The molecule has 0 aliphatic carbocycles. The van der Waals surface area contributed by atoms with Gasteiger partial charge in [-0.3, -0.25) is 4.98 Å². The first kappa shape index (κ1) is 19.7. The third kappa shape index (κ3) is 3.91. The SMILES string of the molecule is Cc1ccc2ccc([C@H](Nc3cccc(C(F)(F)F)c3)c3cccnc3)c(O)c2n1. The van der Waals surface area contributed by atoms with Crippen LogP contribution in [0.2, 0.25) is 0 Å². The summed E-state index contributed by atoms with van der Waals surface area (Å²) in [5.41, 5.74) is 1.89. The van der Waals surface area contributed by atoms with E-state index in [2.05, 4.69) is 15.3 Å². The molecule has 152 valence electrons. The highest BCUT2D eigenvalue weighted by Crippen LogP contribution is 2.37. The first-order chi connectivity index (χ1) is 14.3. The van der Waals surface area contributed by atoms with Crippen molar-refractivity contribution in [2.24, 2.45) is 0 Å². The number of aryl methyl sites for hydroxylation is 1. The van der Waals surface area contributed by atoms with Gasteiger partial charge in [0, 0.05) is 34.7 Å². The molecule has 0 fully saturated rings. The normalized spacial score (nSPS) is 12.7. The highest BCUT2D eigenvalue weighted by atomic mass is 19.4. The Kier molecular flexibility index (Phi) is 5.03. The third-order valence-corrected chi connectivity index (χ3v) is 4.84. The Bertz CT molecular complexity index is 1190. The van der Waals surface area contributed by atoms with Crippen LogP contribution in [0.1, 0.15) is 28.4 Å². The van der Waals surface area contributed by atoms with Gasteiger partial charge >= 0.3 is 6.18 Å². The highest BCUT2D eigenvalue weighted by Gasteiger charge is 2.30. The lowest BCUT2D eigenvalue weighted by Crippen LogP contribution is -2.14. The molecule has 0 radical (unpaired) electrons. The van der Waals surface area contributed by atoms with Gasteiger partial charge in [0.05, 0.1) is 11.6 Å². The fourth-order valence-electron chi connectivity index (χ4n) is 3.36. The summed E-state index contributed by atoms with van der Waals surface area (Å²) >= 11 is 0. The number of hydrogen-bond acceptors (Lipinski definition) is 4. The van der Waals surface area contributed by atoms with E-state index in [9.17, 15) is 18.3 Å². The van der Waals surface area contributed by atoms with Crippen molar-refractivity contribution in [1.29, 1.82) is 0 Å². The molecule has 0 aliphatic heterocycles. The van der Waals surface area contributed by atoms with E-state index in [4.69, 9.17) is 0 Å². The van der Waals surface area contributed by atoms with Crippen molar-refractivity contribution < 1.29 is 18.3 Å². The molecule has 0 unspecified atom stereocenters. The van der Waals surface area contributed by atoms with Gasteiger partial charge in [-0.1, -0.05) is 30.3 Å². The molecule has 2 aromatic carbocycles. The second-order valence-corrected chi connectivity index (χ2v) is 6.97. The van der Waals surface area contributed by atoms with Gasteiger partial charge in [-0.25, -0.2) is 4.98 Å². The molecule has 0 bridgehead atoms. The average molecular weight is 409 g/mol. The Morgan fingerprint density at radius 1 is 1.00 bits per heavy atom. The number of phenols is 1. The standard InChI is InChI=1S/C23H18F3N3O/c1-14-7-8-15-9-10-19(22(30)21(15)28-14)20(16-4-3-11-27-13-16)29-18-6-2-5-17(12-18)23(24,25)26/h2-13,20,29-30H,1H3/t20-/m1/s1. The van der Waals surface area contributed by atoms with Gasteiger partial charge in [0.1, 0.15) is 11.3 Å². The molecule has 4 aromatic rings. The van der Waals surface area contributed by atoms with Gasteiger partial charge in [0.2, 0.25) is 0 Å². The maximum atomic E-state index is 13.1. The van der Waals surface area contributed by atoms with E-state index < -0.39 is 17.8 Å². The maximum Gasteiger partial charge on any atom is 0.416 e. The number of phenolic OH excluding ortho intramolecular Hbond substituents is 1. The van der Waals surface area contributed by atoms with E-state index in [1.807, 2.05) is 25.1 Å². The molecule has 4 nitrogen and oxygen atoms in total. The molecule has 0 spiro atoms. The van der Waals surface area contributed by atoms with Crippen molar-refractivity contribution in [2.45, 2.75) is 19.1 Å². The Balaban J connectivity index is 1.83. The Morgan fingerprint density at radius 3 is 2.53 bits per heavy atom. The molecule has 30 heavy (non-hydrogen) atoms. The van der Waals surface area contributed by atoms with E-state index in [0.29, 0.717) is 16.6 Å². The smallest absolute Gasteiger partial charge is 0.416 e. The van der Waals surface area contributed by atoms with E-state index in [0.717, 1.165) is 23.2 Å². The summed E-state index contributed by atoms with van der Waals surface area (Å²) in [6.45, 7) is 1.82. The van der Waals surface area contributed by atoms with Gasteiger partial charge < -0.3 is 10.4 Å². The van der Waals surface area contributed by atoms with Crippen LogP contribution in [0.5, 0.6) is 5.75 Å². The second-order valence-electron chi connectivity index (χ2n) is 6.97. The number of benzene rings is 2. The first-order valence-electron chi connectivity index (χ1n) is 9.26. The van der Waals surface area contributed by atoms with Crippen LogP contribution in [0, 0.1) is 6.92 Å². The zero-order valence-corrected chi connectivity index (χ0v) is 16.0. The van der Waals surface area contributed by atoms with E-state index in [1.165, 1.54) is 6.07 Å². The number of halogens is 3. The van der Waals surface area contributed by atoms with Crippen molar-refractivity contribution in [3.05, 3.63) is 95.4 Å². The number of rotatable bonds is 4. The Morgan fingerprint density at radius 2 is 1.80 bits per heavy atom. The third-order valence-electron chi connectivity index (χ3n) is 4.84. The van der Waals surface area contributed by atoms with Crippen LogP contribution in [-0.4, -0.2) is 15.1 Å². The number of aromatic hydroxyl groups is 1. The lowest BCUT2D eigenvalue weighted by Gasteiger charge is -2.23. The quantitative estimate of drug-likeness (QED) is 0.443. The molecule has 2 N–H and O–H groups in total. The van der Waals surface area contributed by atoms with E-state index in [1.54, 1.807) is 36.7 Å². The average Bonchev–Trinajstić information content (AvgIpc) is 2.73. The van der Waals surface area contributed by atoms with E-state index in [-0.39, 0.29) is 11.4 Å². The summed E-state index contributed by atoms with van der Waals surface area (Å²) in [7, 11) is 0. The van der Waals surface area contributed by atoms with Crippen molar-refractivity contribution in [2.75, 3.05) is 5.32 Å². The molecule has 0 saturated heterocycles. The lowest BCUT2D eigenvalue weighted by molar-refractivity contribution is -0.137. The summed E-state index contributed by atoms with van der Waals surface area (Å²) in [6, 6.07) is 15.1. The highest BCUT2D eigenvalue weighted by molar-refractivity contribution is 5.86. The van der Waals surface area contributed by atoms with E-state index >= 15 is 0 Å². The van der Waals surface area contributed by atoms with Crippen LogP contribution in [0.3, 0.4) is 0 Å². The van der Waals surface area contributed by atoms with Crippen LogP contribution < -0.4 is 5.32 Å². The number of hydrogen-bond donors (Lipinski definition) is 2. The van der Waals surface area contributed by atoms with Crippen molar-refractivity contribution in [1.82, 2.24) is 9.97 Å². The van der Waals surface area contributed by atoms with Crippen LogP contribution in [-0.2, 0) is 6.18 Å². The number of fused-ring (bicyclic) bond motifs is 1. The second kappa shape index (κ2) is 7.67. The number of aromatic nitrogens is 2. The number of nitrogens with zero attached hydrogens (tertiary/aromatic N) is 2. The molecular formula is C23H18F3N3O. The van der Waals surface area contributed by atoms with Gasteiger partial charge in [0.15, 0.2) is 0 Å². The van der Waals surface area contributed by atoms with Crippen LogP contribution >= 0.6 is 0 Å². The molecule has 4 rings (SSSR count). The monoisotopic (exact) mass is 409 g/mol. The molecular weight excluding hydrogens is 391 g/mol. The van der Waals surface area contributed by atoms with Crippen LogP contribution in [0.25, 0.3) is 10.9 Å². The molecule has 2 heterocycles. The molecule has 0 amide bonds. The van der Waals surface area contributed by atoms with Crippen molar-refractivity contribution in [3.63, 3.8) is 0 Å². The minimum atomic E-state index is -4.45. The molecule has 2 aromatic heterocycles. The fourth-order valence-corrected chi connectivity index (χ4v) is 3.36. The summed E-state index contributed by atoms with van der Waals surface area (Å²) < 4.78 is 39.4. The number of alkyl halides is 3. The predicted molar refractivity (Wildman–Crippen MR) is 109 cm³/mol. The topological polar surface area (TPSA) is 58.0 Å². The Labute approximate surface area is 171 Å². The lowest BCUT2D eigenvalue weighted by atomic mass is 9.97. The summed E-state index contributed by atoms with van der Waals surface area (Å²) in [4.78, 5) is 8.54. The number of pyridine rings is 2. The summed E-state index contributed by atoms with van der Waals surface area (Å²) in [5.74, 6) is -0.0236. The summed E-state index contributed by atoms with van der Waals surface area (Å²) in [6.07, 6.45) is -1.23. The number of nitrogens with one attached hydrogen (secondary N) is 1. The number of anilines is 1. The zero-order valence-electron chi connectivity index (χ0n) is 16.0.